The van der Waals surface area contributed by atoms with E-state index in [4.69, 9.17) is 0 Å². The molecule has 0 aromatic heterocycles. The summed E-state index contributed by atoms with van der Waals surface area (Å²) in [5.74, 6) is -0.380. The van der Waals surface area contributed by atoms with Gasteiger partial charge in [0.15, 0.2) is 0 Å². The monoisotopic (exact) mass is 340 g/mol. The molecular weight excluding hydrogens is 316 g/mol. The van der Waals surface area contributed by atoms with Crippen molar-refractivity contribution in [1.82, 2.24) is 10.6 Å². The quantitative estimate of drug-likeness (QED) is 0.691. The Hall–Kier alpha value is -2.66. The molecule has 2 amide bonds. The Morgan fingerprint density at radius 2 is 1.60 bits per heavy atom. The zero-order valence-corrected chi connectivity index (χ0v) is 14.3. The summed E-state index contributed by atoms with van der Waals surface area (Å²) in [7, 11) is 0. The van der Waals surface area contributed by atoms with Crippen LogP contribution in [-0.2, 0) is 4.79 Å². The Kier molecular flexibility index (Phi) is 7.16. The summed E-state index contributed by atoms with van der Waals surface area (Å²) < 4.78 is 0. The predicted molar refractivity (Wildman–Crippen MR) is 97.0 cm³/mol. The van der Waals surface area contributed by atoms with Crippen LogP contribution >= 0.6 is 0 Å². The highest BCUT2D eigenvalue weighted by molar-refractivity contribution is 5.94. The molecule has 0 saturated heterocycles. The topological polar surface area (TPSA) is 78.4 Å². The minimum Gasteiger partial charge on any atom is -0.393 e. The fourth-order valence-corrected chi connectivity index (χ4v) is 2.45. The fourth-order valence-electron chi connectivity index (χ4n) is 2.45. The Morgan fingerprint density at radius 3 is 2.20 bits per heavy atom. The van der Waals surface area contributed by atoms with Crippen LogP contribution in [-0.4, -0.2) is 29.6 Å². The van der Waals surface area contributed by atoms with Crippen molar-refractivity contribution in [2.45, 2.75) is 31.9 Å². The molecule has 2 aromatic carbocycles. The van der Waals surface area contributed by atoms with Crippen LogP contribution < -0.4 is 10.6 Å². The lowest BCUT2D eigenvalue weighted by Crippen LogP contribution is -2.34. The van der Waals surface area contributed by atoms with Gasteiger partial charge < -0.3 is 15.7 Å². The molecule has 3 N–H and O–H groups in total. The van der Waals surface area contributed by atoms with E-state index in [0.717, 1.165) is 5.56 Å². The summed E-state index contributed by atoms with van der Waals surface area (Å²) in [6, 6.07) is 17.9. The van der Waals surface area contributed by atoms with Crippen molar-refractivity contribution < 1.29 is 14.7 Å². The van der Waals surface area contributed by atoms with Crippen molar-refractivity contribution in [3.05, 3.63) is 71.8 Å². The maximum absolute atomic E-state index is 12.4. The second-order valence-electron chi connectivity index (χ2n) is 5.99. The number of carbonyl (C=O) groups excluding carboxylic acids is 2. The van der Waals surface area contributed by atoms with E-state index in [1.165, 1.54) is 0 Å². The molecule has 0 aliphatic carbocycles. The van der Waals surface area contributed by atoms with E-state index in [1.807, 2.05) is 36.4 Å². The summed E-state index contributed by atoms with van der Waals surface area (Å²) in [5, 5.41) is 15.0. The highest BCUT2D eigenvalue weighted by atomic mass is 16.3. The molecule has 0 bridgehead atoms. The second kappa shape index (κ2) is 9.59. The molecule has 2 atom stereocenters. The first-order valence-electron chi connectivity index (χ1n) is 8.42. The van der Waals surface area contributed by atoms with Crippen LogP contribution in [0.4, 0.5) is 0 Å². The van der Waals surface area contributed by atoms with Gasteiger partial charge in [-0.05, 0) is 31.0 Å². The number of carbonyl (C=O) groups is 2. The Labute approximate surface area is 148 Å². The molecule has 25 heavy (non-hydrogen) atoms. The Morgan fingerprint density at radius 1 is 1.00 bits per heavy atom. The molecule has 2 aromatic rings. The van der Waals surface area contributed by atoms with Crippen LogP contribution in [0.5, 0.6) is 0 Å². The van der Waals surface area contributed by atoms with Gasteiger partial charge in [0.25, 0.3) is 5.91 Å². The number of amides is 2. The molecule has 0 spiro atoms. The maximum atomic E-state index is 12.4. The third-order valence-corrected chi connectivity index (χ3v) is 3.82. The number of rotatable bonds is 8. The number of hydrogen-bond acceptors (Lipinski definition) is 3. The number of benzene rings is 2. The van der Waals surface area contributed by atoms with Gasteiger partial charge in [-0.15, -0.1) is 0 Å². The zero-order valence-electron chi connectivity index (χ0n) is 14.3. The number of aliphatic hydroxyl groups is 1. The first kappa shape index (κ1) is 18.7. The number of hydrogen-bond donors (Lipinski definition) is 3. The predicted octanol–water partition coefficient (Wildman–Crippen LogP) is 2.43. The number of aliphatic hydroxyl groups excluding tert-OH is 1. The van der Waals surface area contributed by atoms with Crippen molar-refractivity contribution in [3.63, 3.8) is 0 Å². The van der Waals surface area contributed by atoms with E-state index in [9.17, 15) is 14.7 Å². The summed E-state index contributed by atoms with van der Waals surface area (Å²) in [5.41, 5.74) is 1.43. The minimum atomic E-state index is -0.456. The first-order valence-corrected chi connectivity index (χ1v) is 8.42. The summed E-state index contributed by atoms with van der Waals surface area (Å²) in [6.07, 6.45) is 0.184. The van der Waals surface area contributed by atoms with Gasteiger partial charge >= 0.3 is 0 Å². The lowest BCUT2D eigenvalue weighted by atomic mass is 10.0. The van der Waals surface area contributed by atoms with E-state index < -0.39 is 12.1 Å². The van der Waals surface area contributed by atoms with Gasteiger partial charge in [0, 0.05) is 12.1 Å². The Bertz CT molecular complexity index is 672. The molecule has 0 heterocycles. The standard InChI is InChI=1S/C20H24N2O3/c1-15(23)12-13-21-19(24)14-18(16-8-4-2-5-9-16)22-20(25)17-10-6-3-7-11-17/h2-11,15,18,23H,12-14H2,1H3,(H,21,24)(H,22,25). The summed E-state index contributed by atoms with van der Waals surface area (Å²) in [6.45, 7) is 2.09. The van der Waals surface area contributed by atoms with E-state index in [0.29, 0.717) is 18.5 Å². The highest BCUT2D eigenvalue weighted by Gasteiger charge is 2.19. The molecule has 0 saturated carbocycles. The van der Waals surface area contributed by atoms with Gasteiger partial charge in [0.2, 0.25) is 5.91 Å². The molecule has 132 valence electrons. The summed E-state index contributed by atoms with van der Waals surface area (Å²) >= 11 is 0. The first-order chi connectivity index (χ1) is 12.1. The molecular formula is C20H24N2O3. The maximum Gasteiger partial charge on any atom is 0.251 e. The van der Waals surface area contributed by atoms with Crippen LogP contribution in [0.15, 0.2) is 60.7 Å². The molecule has 0 fully saturated rings. The van der Waals surface area contributed by atoms with Crippen LogP contribution in [0.1, 0.15) is 41.7 Å². The van der Waals surface area contributed by atoms with Gasteiger partial charge in [0.1, 0.15) is 0 Å². The van der Waals surface area contributed by atoms with Gasteiger partial charge in [-0.3, -0.25) is 9.59 Å². The van der Waals surface area contributed by atoms with E-state index >= 15 is 0 Å². The van der Waals surface area contributed by atoms with Crippen molar-refractivity contribution in [1.29, 1.82) is 0 Å². The molecule has 0 radical (unpaired) electrons. The van der Waals surface area contributed by atoms with Gasteiger partial charge in [0.05, 0.1) is 18.6 Å². The van der Waals surface area contributed by atoms with Gasteiger partial charge in [-0.2, -0.15) is 0 Å². The van der Waals surface area contributed by atoms with E-state index in [-0.39, 0.29) is 18.2 Å². The van der Waals surface area contributed by atoms with Crippen LogP contribution in [0.3, 0.4) is 0 Å². The van der Waals surface area contributed by atoms with Crippen LogP contribution in [0.2, 0.25) is 0 Å². The molecule has 5 heteroatoms. The molecule has 2 unspecified atom stereocenters. The van der Waals surface area contributed by atoms with Crippen molar-refractivity contribution in [2.75, 3.05) is 6.54 Å². The largest absolute Gasteiger partial charge is 0.393 e. The second-order valence-corrected chi connectivity index (χ2v) is 5.99. The molecule has 0 aliphatic heterocycles. The SMILES string of the molecule is CC(O)CCNC(=O)CC(NC(=O)c1ccccc1)c1ccccc1. The Balaban J connectivity index is 2.03. The lowest BCUT2D eigenvalue weighted by molar-refractivity contribution is -0.121. The lowest BCUT2D eigenvalue weighted by Gasteiger charge is -2.19. The van der Waals surface area contributed by atoms with Crippen molar-refractivity contribution >= 4 is 11.8 Å². The average Bonchev–Trinajstić information content (AvgIpc) is 2.62. The van der Waals surface area contributed by atoms with E-state index in [1.54, 1.807) is 31.2 Å². The van der Waals surface area contributed by atoms with Crippen molar-refractivity contribution in [3.8, 4) is 0 Å². The molecule has 0 aliphatic rings. The van der Waals surface area contributed by atoms with Crippen LogP contribution in [0.25, 0.3) is 0 Å². The third-order valence-electron chi connectivity index (χ3n) is 3.82. The number of nitrogens with one attached hydrogen (secondary N) is 2. The fraction of sp³-hybridized carbons (Fsp3) is 0.300. The highest BCUT2D eigenvalue weighted by Crippen LogP contribution is 2.17. The third kappa shape index (κ3) is 6.39. The van der Waals surface area contributed by atoms with Crippen LogP contribution in [0, 0.1) is 0 Å². The van der Waals surface area contributed by atoms with E-state index in [2.05, 4.69) is 10.6 Å². The molecule has 2 rings (SSSR count). The molecule has 5 nitrogen and oxygen atoms in total. The zero-order chi connectivity index (χ0) is 18.1. The average molecular weight is 340 g/mol. The van der Waals surface area contributed by atoms with Gasteiger partial charge in [-0.25, -0.2) is 0 Å². The smallest absolute Gasteiger partial charge is 0.251 e. The van der Waals surface area contributed by atoms with Gasteiger partial charge in [-0.1, -0.05) is 48.5 Å². The normalized spacial score (nSPS) is 12.9. The minimum absolute atomic E-state index is 0.141. The summed E-state index contributed by atoms with van der Waals surface area (Å²) in [4.78, 5) is 24.6. The van der Waals surface area contributed by atoms with Crippen molar-refractivity contribution in [2.24, 2.45) is 0 Å².